The SMILES string of the molecule is CCC(C)C(NC(=O)C(Cc1ccccc1)NC(=O)C(Cc1c[nH]c2ccccc12)NC(=O)C(N)Cc1ccc(O)cc1)C(=O)O. The highest BCUT2D eigenvalue weighted by molar-refractivity contribution is 5.95. The van der Waals surface area contributed by atoms with Crippen LogP contribution in [0.2, 0.25) is 0 Å². The van der Waals surface area contributed by atoms with Crippen molar-refractivity contribution >= 4 is 34.6 Å². The summed E-state index contributed by atoms with van der Waals surface area (Å²) in [5.41, 5.74) is 9.36. The Morgan fingerprint density at radius 1 is 0.761 bits per heavy atom. The van der Waals surface area contributed by atoms with Gasteiger partial charge >= 0.3 is 5.97 Å². The number of aromatic amines is 1. The second-order valence-electron chi connectivity index (χ2n) is 11.6. The van der Waals surface area contributed by atoms with Crippen LogP contribution < -0.4 is 21.7 Å². The molecule has 0 spiro atoms. The zero-order valence-corrected chi connectivity index (χ0v) is 25.9. The van der Waals surface area contributed by atoms with Gasteiger partial charge in [-0.2, -0.15) is 0 Å². The molecule has 5 unspecified atom stereocenters. The zero-order valence-electron chi connectivity index (χ0n) is 25.9. The average molecular weight is 628 g/mol. The maximum absolute atomic E-state index is 14.0. The topological polar surface area (TPSA) is 187 Å². The van der Waals surface area contributed by atoms with E-state index >= 15 is 0 Å². The molecule has 11 nitrogen and oxygen atoms in total. The molecular formula is C35H41N5O6. The Kier molecular flexibility index (Phi) is 11.5. The minimum absolute atomic E-state index is 0.0881. The lowest BCUT2D eigenvalue weighted by molar-refractivity contribution is -0.143. The molecule has 0 saturated carbocycles. The van der Waals surface area contributed by atoms with Crippen molar-refractivity contribution in [2.24, 2.45) is 11.7 Å². The standard InChI is InChI=1S/C35H41N5O6/c1-3-21(2)31(35(45)46)40-34(44)29(18-22-9-5-4-6-10-22)39-33(43)30(19-24-20-37-28-12-8-7-11-26(24)28)38-32(42)27(36)17-23-13-15-25(41)16-14-23/h4-16,20-21,27,29-31,37,41H,3,17-19,36H2,1-2H3,(H,38,42)(H,39,43)(H,40,44)(H,45,46). The summed E-state index contributed by atoms with van der Waals surface area (Å²) in [5.74, 6) is -3.27. The van der Waals surface area contributed by atoms with Crippen molar-refractivity contribution in [1.29, 1.82) is 0 Å². The summed E-state index contributed by atoms with van der Waals surface area (Å²) >= 11 is 0. The third-order valence-electron chi connectivity index (χ3n) is 8.15. The first-order valence-corrected chi connectivity index (χ1v) is 15.3. The number of H-pyrrole nitrogens is 1. The number of carboxylic acids is 1. The molecular weight excluding hydrogens is 586 g/mol. The van der Waals surface area contributed by atoms with Crippen LogP contribution in [0.25, 0.3) is 10.9 Å². The van der Waals surface area contributed by atoms with Crippen LogP contribution in [0.15, 0.2) is 85.1 Å². The van der Waals surface area contributed by atoms with E-state index in [1.807, 2.05) is 49.4 Å². The molecule has 46 heavy (non-hydrogen) atoms. The summed E-state index contributed by atoms with van der Waals surface area (Å²) < 4.78 is 0. The van der Waals surface area contributed by atoms with Gasteiger partial charge in [0.05, 0.1) is 6.04 Å². The molecule has 11 heteroatoms. The van der Waals surface area contributed by atoms with E-state index in [1.165, 1.54) is 12.1 Å². The maximum Gasteiger partial charge on any atom is 0.326 e. The van der Waals surface area contributed by atoms with Crippen molar-refractivity contribution < 1.29 is 29.4 Å². The average Bonchev–Trinajstić information content (AvgIpc) is 3.46. The number of nitrogens with one attached hydrogen (secondary N) is 4. The fourth-order valence-electron chi connectivity index (χ4n) is 5.26. The number of carboxylic acid groups (broad SMARTS) is 1. The van der Waals surface area contributed by atoms with Gasteiger partial charge in [-0.25, -0.2) is 4.79 Å². The zero-order chi connectivity index (χ0) is 33.2. The number of carbonyl (C=O) groups excluding carboxylic acids is 3. The number of aromatic hydroxyl groups is 1. The summed E-state index contributed by atoms with van der Waals surface area (Å²) in [5, 5.41) is 28.4. The number of aliphatic carboxylic acids is 1. The predicted molar refractivity (Wildman–Crippen MR) is 175 cm³/mol. The molecule has 5 atom stereocenters. The van der Waals surface area contributed by atoms with Crippen LogP contribution in [0, 0.1) is 5.92 Å². The molecule has 0 fully saturated rings. The van der Waals surface area contributed by atoms with Crippen LogP contribution >= 0.6 is 0 Å². The molecule has 0 radical (unpaired) electrons. The molecule has 3 aromatic carbocycles. The van der Waals surface area contributed by atoms with Gasteiger partial charge in [-0.1, -0.05) is 80.9 Å². The monoisotopic (exact) mass is 627 g/mol. The Labute approximate surface area is 267 Å². The van der Waals surface area contributed by atoms with E-state index in [0.717, 1.165) is 27.6 Å². The van der Waals surface area contributed by atoms with Gasteiger partial charge in [-0.05, 0) is 47.2 Å². The molecule has 8 N–H and O–H groups in total. The molecule has 0 aliphatic rings. The number of carbonyl (C=O) groups is 4. The Bertz CT molecular complexity index is 1640. The number of fused-ring (bicyclic) bond motifs is 1. The van der Waals surface area contributed by atoms with Crippen LogP contribution in [0.4, 0.5) is 0 Å². The molecule has 1 aromatic heterocycles. The first-order chi connectivity index (χ1) is 22.0. The van der Waals surface area contributed by atoms with E-state index in [0.29, 0.717) is 6.42 Å². The predicted octanol–water partition coefficient (Wildman–Crippen LogP) is 2.81. The number of nitrogens with two attached hydrogens (primary N) is 1. The smallest absolute Gasteiger partial charge is 0.326 e. The van der Waals surface area contributed by atoms with Crippen molar-refractivity contribution in [3.8, 4) is 5.75 Å². The van der Waals surface area contributed by atoms with Crippen molar-refractivity contribution in [3.63, 3.8) is 0 Å². The van der Waals surface area contributed by atoms with E-state index in [4.69, 9.17) is 5.73 Å². The van der Waals surface area contributed by atoms with Gasteiger partial charge in [0.2, 0.25) is 17.7 Å². The van der Waals surface area contributed by atoms with Crippen molar-refractivity contribution in [1.82, 2.24) is 20.9 Å². The normalized spacial score (nSPS) is 14.4. The highest BCUT2D eigenvalue weighted by Gasteiger charge is 2.32. The molecule has 1 heterocycles. The number of rotatable bonds is 15. The molecule has 0 aliphatic carbocycles. The Morgan fingerprint density at radius 3 is 2.02 bits per heavy atom. The van der Waals surface area contributed by atoms with Crippen LogP contribution in [-0.4, -0.2) is 63.1 Å². The minimum Gasteiger partial charge on any atom is -0.508 e. The van der Waals surface area contributed by atoms with Crippen LogP contribution in [0.3, 0.4) is 0 Å². The van der Waals surface area contributed by atoms with E-state index in [9.17, 15) is 29.4 Å². The second-order valence-corrected chi connectivity index (χ2v) is 11.6. The first-order valence-electron chi connectivity index (χ1n) is 15.3. The Hall–Kier alpha value is -5.16. The number of hydrogen-bond acceptors (Lipinski definition) is 6. The van der Waals surface area contributed by atoms with Gasteiger partial charge in [0.1, 0.15) is 23.9 Å². The highest BCUT2D eigenvalue weighted by Crippen LogP contribution is 2.20. The lowest BCUT2D eigenvalue weighted by Crippen LogP contribution is -2.58. The van der Waals surface area contributed by atoms with E-state index in [1.54, 1.807) is 37.4 Å². The fraction of sp³-hybridized carbons (Fsp3) is 0.314. The number of aromatic nitrogens is 1. The van der Waals surface area contributed by atoms with Crippen molar-refractivity contribution in [2.45, 2.75) is 63.7 Å². The van der Waals surface area contributed by atoms with E-state index < -0.39 is 47.9 Å². The van der Waals surface area contributed by atoms with Gasteiger partial charge in [0.25, 0.3) is 0 Å². The van der Waals surface area contributed by atoms with Crippen LogP contribution in [0.5, 0.6) is 5.75 Å². The molecule has 3 amide bonds. The van der Waals surface area contributed by atoms with E-state index in [2.05, 4.69) is 20.9 Å². The van der Waals surface area contributed by atoms with Crippen molar-refractivity contribution in [3.05, 3.63) is 102 Å². The highest BCUT2D eigenvalue weighted by atomic mass is 16.4. The molecule has 242 valence electrons. The third kappa shape index (κ3) is 8.95. The number of hydrogen-bond donors (Lipinski definition) is 7. The van der Waals surface area contributed by atoms with Gasteiger partial charge < -0.3 is 36.9 Å². The Morgan fingerprint density at radius 2 is 1.35 bits per heavy atom. The summed E-state index contributed by atoms with van der Waals surface area (Å²) in [7, 11) is 0. The summed E-state index contributed by atoms with van der Waals surface area (Å²) in [6, 6.07) is 18.5. The molecule has 4 rings (SSSR count). The van der Waals surface area contributed by atoms with Gasteiger partial charge in [-0.3, -0.25) is 14.4 Å². The number of amides is 3. The third-order valence-corrected chi connectivity index (χ3v) is 8.15. The largest absolute Gasteiger partial charge is 0.508 e. The van der Waals surface area contributed by atoms with E-state index in [-0.39, 0.29) is 30.9 Å². The quantitative estimate of drug-likeness (QED) is 0.106. The summed E-state index contributed by atoms with van der Waals surface area (Å²) in [6.45, 7) is 3.57. The molecule has 0 bridgehead atoms. The maximum atomic E-state index is 14.0. The fourth-order valence-corrected chi connectivity index (χ4v) is 5.26. The number of benzene rings is 3. The summed E-state index contributed by atoms with van der Waals surface area (Å²) in [4.78, 5) is 56.1. The van der Waals surface area contributed by atoms with Gasteiger partial charge in [0.15, 0.2) is 0 Å². The second kappa shape index (κ2) is 15.7. The van der Waals surface area contributed by atoms with Gasteiger partial charge in [0, 0.05) is 29.9 Å². The Balaban J connectivity index is 1.59. The number of phenols is 1. The molecule has 0 aliphatic heterocycles. The lowest BCUT2D eigenvalue weighted by atomic mass is 9.97. The minimum atomic E-state index is -1.17. The number of phenolic OH excluding ortho intramolecular Hbond substituents is 1. The van der Waals surface area contributed by atoms with Crippen LogP contribution in [-0.2, 0) is 38.4 Å². The lowest BCUT2D eigenvalue weighted by Gasteiger charge is -2.27. The van der Waals surface area contributed by atoms with Crippen LogP contribution in [0.1, 0.15) is 37.0 Å². The molecule has 0 saturated heterocycles. The summed E-state index contributed by atoms with van der Waals surface area (Å²) in [6.07, 6.45) is 2.65. The van der Waals surface area contributed by atoms with Crippen molar-refractivity contribution in [2.75, 3.05) is 0 Å². The van der Waals surface area contributed by atoms with Gasteiger partial charge in [-0.15, -0.1) is 0 Å². The first kappa shape index (κ1) is 33.7. The number of para-hydroxylation sites is 1. The molecule has 4 aromatic rings.